The molecule has 0 radical (unpaired) electrons. The molecule has 2 N–H and O–H groups in total. The van der Waals surface area contributed by atoms with Gasteiger partial charge in [0.2, 0.25) is 0 Å². The predicted molar refractivity (Wildman–Crippen MR) is 120 cm³/mol. The van der Waals surface area contributed by atoms with Gasteiger partial charge in [-0.05, 0) is 58.4 Å². The Morgan fingerprint density at radius 1 is 1.10 bits per heavy atom. The van der Waals surface area contributed by atoms with Crippen LogP contribution >= 0.6 is 0 Å². The molecule has 1 aliphatic carbocycles. The Kier molecular flexibility index (Phi) is 4.64. The van der Waals surface area contributed by atoms with E-state index in [0.29, 0.717) is 5.69 Å². The molecule has 0 aliphatic heterocycles. The minimum Gasteiger partial charge on any atom is -0.272 e. The molecule has 1 aliphatic rings. The van der Waals surface area contributed by atoms with Crippen molar-refractivity contribution in [2.45, 2.75) is 26.2 Å². The Morgan fingerprint density at radius 3 is 2.70 bits per heavy atom. The molecule has 0 spiro atoms. The summed E-state index contributed by atoms with van der Waals surface area (Å²) in [4.78, 5) is 12.5. The molecule has 1 aromatic heterocycles. The second-order valence-corrected chi connectivity index (χ2v) is 7.57. The number of aryl methyl sites for hydroxylation is 3. The van der Waals surface area contributed by atoms with Crippen LogP contribution in [0.4, 0.5) is 0 Å². The van der Waals surface area contributed by atoms with Crippen molar-refractivity contribution in [2.75, 3.05) is 0 Å². The molecule has 0 atom stereocenters. The van der Waals surface area contributed by atoms with Gasteiger partial charge in [0.15, 0.2) is 0 Å². The topological polar surface area (TPSA) is 70.1 Å². The molecule has 1 heterocycles. The van der Waals surface area contributed by atoms with Crippen LogP contribution in [-0.2, 0) is 19.3 Å². The van der Waals surface area contributed by atoms with Crippen LogP contribution in [0.3, 0.4) is 0 Å². The van der Waals surface area contributed by atoms with Crippen LogP contribution in [-0.4, -0.2) is 22.3 Å². The third kappa shape index (κ3) is 3.28. The lowest BCUT2D eigenvalue weighted by molar-refractivity contribution is 0.0950. The minimum atomic E-state index is -0.318. The Bertz CT molecular complexity index is 1260. The monoisotopic (exact) mass is 394 g/mol. The van der Waals surface area contributed by atoms with Crippen molar-refractivity contribution in [1.82, 2.24) is 15.6 Å². The third-order valence-electron chi connectivity index (χ3n) is 5.74. The molecule has 148 valence electrons. The van der Waals surface area contributed by atoms with Crippen LogP contribution < -0.4 is 5.43 Å². The highest BCUT2D eigenvalue weighted by molar-refractivity contribution is 6.02. The van der Waals surface area contributed by atoms with Crippen LogP contribution in [0.1, 0.15) is 39.7 Å². The van der Waals surface area contributed by atoms with Gasteiger partial charge in [-0.25, -0.2) is 5.43 Å². The number of H-pyrrole nitrogens is 1. The highest BCUT2D eigenvalue weighted by Crippen LogP contribution is 2.36. The van der Waals surface area contributed by atoms with Gasteiger partial charge in [-0.2, -0.15) is 10.2 Å². The standard InChI is InChI=1S/C25H22N4O/c1-2-16-6-8-17(9-7-16)15-26-29-25(30)23-14-22(27-28-23)20-13-12-19-11-10-18-4-3-5-21(20)24(18)19/h3-9,12-15H,2,10-11H2,1H3,(H,27,28)(H,29,30)/b26-15+. The van der Waals surface area contributed by atoms with Crippen molar-refractivity contribution in [3.63, 3.8) is 0 Å². The fourth-order valence-corrected chi connectivity index (χ4v) is 4.11. The zero-order chi connectivity index (χ0) is 20.5. The molecular weight excluding hydrogens is 372 g/mol. The molecule has 0 saturated carbocycles. The van der Waals surface area contributed by atoms with E-state index < -0.39 is 0 Å². The summed E-state index contributed by atoms with van der Waals surface area (Å²) < 4.78 is 0. The molecule has 0 saturated heterocycles. The molecule has 30 heavy (non-hydrogen) atoms. The molecule has 4 aromatic rings. The maximum Gasteiger partial charge on any atom is 0.289 e. The van der Waals surface area contributed by atoms with Crippen LogP contribution in [0.5, 0.6) is 0 Å². The van der Waals surface area contributed by atoms with Crippen molar-refractivity contribution in [2.24, 2.45) is 5.10 Å². The molecule has 5 rings (SSSR count). The zero-order valence-corrected chi connectivity index (χ0v) is 16.8. The van der Waals surface area contributed by atoms with E-state index in [4.69, 9.17) is 0 Å². The van der Waals surface area contributed by atoms with E-state index >= 15 is 0 Å². The molecule has 5 nitrogen and oxygen atoms in total. The van der Waals surface area contributed by atoms with Gasteiger partial charge >= 0.3 is 0 Å². The fourth-order valence-electron chi connectivity index (χ4n) is 4.11. The minimum absolute atomic E-state index is 0.318. The number of nitrogens with zero attached hydrogens (tertiary/aromatic N) is 2. The summed E-state index contributed by atoms with van der Waals surface area (Å²) in [6.07, 6.45) is 4.81. The molecule has 0 bridgehead atoms. The van der Waals surface area contributed by atoms with Crippen molar-refractivity contribution in [3.05, 3.63) is 88.6 Å². The van der Waals surface area contributed by atoms with E-state index in [-0.39, 0.29) is 5.91 Å². The Hall–Kier alpha value is -3.73. The number of hydrogen-bond acceptors (Lipinski definition) is 3. The highest BCUT2D eigenvalue weighted by Gasteiger charge is 2.18. The number of carbonyl (C=O) groups is 1. The van der Waals surface area contributed by atoms with Gasteiger partial charge in [0.1, 0.15) is 5.69 Å². The first kappa shape index (κ1) is 18.3. The van der Waals surface area contributed by atoms with Crippen LogP contribution in [0.25, 0.3) is 22.0 Å². The lowest BCUT2D eigenvalue weighted by atomic mass is 9.98. The normalized spacial score (nSPS) is 12.7. The summed E-state index contributed by atoms with van der Waals surface area (Å²) in [5, 5.41) is 13.8. The number of rotatable bonds is 5. The highest BCUT2D eigenvalue weighted by atomic mass is 16.2. The van der Waals surface area contributed by atoms with Gasteiger partial charge in [0, 0.05) is 5.56 Å². The molecule has 1 amide bonds. The Morgan fingerprint density at radius 2 is 1.90 bits per heavy atom. The molecular formula is C25H22N4O. The summed E-state index contributed by atoms with van der Waals surface area (Å²) in [7, 11) is 0. The van der Waals surface area contributed by atoms with E-state index in [1.807, 2.05) is 12.1 Å². The molecule has 0 unspecified atom stereocenters. The first-order chi connectivity index (χ1) is 14.7. The number of benzene rings is 3. The van der Waals surface area contributed by atoms with Gasteiger partial charge < -0.3 is 0 Å². The van der Waals surface area contributed by atoms with E-state index in [0.717, 1.165) is 36.1 Å². The molecule has 5 heteroatoms. The summed E-state index contributed by atoms with van der Waals surface area (Å²) in [5.74, 6) is -0.318. The van der Waals surface area contributed by atoms with Gasteiger partial charge in [-0.15, -0.1) is 0 Å². The lowest BCUT2D eigenvalue weighted by Crippen LogP contribution is -2.18. The van der Waals surface area contributed by atoms with Crippen LogP contribution in [0.15, 0.2) is 65.8 Å². The number of nitrogens with one attached hydrogen (secondary N) is 2. The summed E-state index contributed by atoms with van der Waals surface area (Å²) in [6.45, 7) is 2.12. The van der Waals surface area contributed by atoms with Gasteiger partial charge in [0.25, 0.3) is 5.91 Å². The van der Waals surface area contributed by atoms with Gasteiger partial charge in [0.05, 0.1) is 11.9 Å². The quantitative estimate of drug-likeness (QED) is 0.382. The average Bonchev–Trinajstić information content (AvgIpc) is 3.43. The maximum atomic E-state index is 12.5. The number of amides is 1. The summed E-state index contributed by atoms with van der Waals surface area (Å²) in [5.41, 5.74) is 9.72. The largest absolute Gasteiger partial charge is 0.289 e. The molecule has 0 fully saturated rings. The number of carbonyl (C=O) groups excluding carboxylic acids is 1. The predicted octanol–water partition coefficient (Wildman–Crippen LogP) is 4.65. The van der Waals surface area contributed by atoms with Gasteiger partial charge in [-0.3, -0.25) is 9.89 Å². The third-order valence-corrected chi connectivity index (χ3v) is 5.74. The first-order valence-corrected chi connectivity index (χ1v) is 10.2. The first-order valence-electron chi connectivity index (χ1n) is 10.2. The van der Waals surface area contributed by atoms with Crippen LogP contribution in [0, 0.1) is 0 Å². The number of aromatic amines is 1. The van der Waals surface area contributed by atoms with Crippen molar-refractivity contribution < 1.29 is 4.79 Å². The van der Waals surface area contributed by atoms with Crippen molar-refractivity contribution in [1.29, 1.82) is 0 Å². The fraction of sp³-hybridized carbons (Fsp3) is 0.160. The average molecular weight is 394 g/mol. The SMILES string of the molecule is CCc1ccc(/C=N/NC(=O)c2cc(-c3ccc4c5c(cccc35)CC4)n[nH]2)cc1. The lowest BCUT2D eigenvalue weighted by Gasteiger charge is -2.06. The number of hydrazone groups is 1. The van der Waals surface area contributed by atoms with E-state index in [1.54, 1.807) is 12.3 Å². The Labute approximate surface area is 174 Å². The second-order valence-electron chi connectivity index (χ2n) is 7.57. The summed E-state index contributed by atoms with van der Waals surface area (Å²) in [6, 6.07) is 20.6. The second kappa shape index (κ2) is 7.59. The van der Waals surface area contributed by atoms with Gasteiger partial charge in [-0.1, -0.05) is 61.5 Å². The summed E-state index contributed by atoms with van der Waals surface area (Å²) >= 11 is 0. The molecule has 3 aromatic carbocycles. The maximum absolute atomic E-state index is 12.5. The van der Waals surface area contributed by atoms with Crippen molar-refractivity contribution in [3.8, 4) is 11.3 Å². The number of aromatic nitrogens is 2. The van der Waals surface area contributed by atoms with Crippen LogP contribution in [0.2, 0.25) is 0 Å². The van der Waals surface area contributed by atoms with E-state index in [9.17, 15) is 4.79 Å². The Balaban J connectivity index is 1.35. The van der Waals surface area contributed by atoms with E-state index in [2.05, 4.69) is 70.1 Å². The zero-order valence-electron chi connectivity index (χ0n) is 16.8. The van der Waals surface area contributed by atoms with E-state index in [1.165, 1.54) is 27.5 Å². The van der Waals surface area contributed by atoms with Crippen molar-refractivity contribution >= 4 is 22.9 Å². The number of hydrogen-bond donors (Lipinski definition) is 2. The smallest absolute Gasteiger partial charge is 0.272 e.